The molecule has 100 valence electrons. The van der Waals surface area contributed by atoms with Gasteiger partial charge in [-0.05, 0) is 19.1 Å². The topological polar surface area (TPSA) is 98.7 Å². The molecule has 2 unspecified atom stereocenters. The van der Waals surface area contributed by atoms with E-state index in [1.54, 1.807) is 12.1 Å². The number of rotatable bonds is 5. The summed E-state index contributed by atoms with van der Waals surface area (Å²) in [7, 11) is 0. The minimum absolute atomic E-state index is 0.245. The molecule has 0 aliphatic heterocycles. The summed E-state index contributed by atoms with van der Waals surface area (Å²) in [6.45, 7) is 1.54. The molecule has 0 spiro atoms. The molecular formula is C10H13ClN2O4S. The normalized spacial score (nSPS) is 13.7. The van der Waals surface area contributed by atoms with Crippen LogP contribution in [0.4, 0.5) is 4.79 Å². The second-order valence-corrected chi connectivity index (χ2v) is 5.39. The Morgan fingerprint density at radius 1 is 1.50 bits per heavy atom. The number of carboxylic acid groups (broad SMARTS) is 1. The third-order valence-electron chi connectivity index (χ3n) is 2.09. The van der Waals surface area contributed by atoms with Crippen molar-refractivity contribution in [3.8, 4) is 0 Å². The number of aliphatic hydroxyl groups is 1. The highest BCUT2D eigenvalue weighted by molar-refractivity contribution is 7.16. The number of urea groups is 1. The minimum Gasteiger partial charge on any atom is -0.480 e. The molecule has 1 aromatic rings. The fourth-order valence-electron chi connectivity index (χ4n) is 1.20. The number of carboxylic acids is 1. The van der Waals surface area contributed by atoms with Gasteiger partial charge < -0.3 is 20.8 Å². The zero-order valence-corrected chi connectivity index (χ0v) is 11.1. The van der Waals surface area contributed by atoms with Crippen molar-refractivity contribution >= 4 is 34.9 Å². The van der Waals surface area contributed by atoms with Crippen molar-refractivity contribution in [2.75, 3.05) is 0 Å². The smallest absolute Gasteiger partial charge is 0.328 e. The highest BCUT2D eigenvalue weighted by atomic mass is 35.5. The Balaban J connectivity index is 2.43. The molecule has 0 saturated carbocycles. The molecule has 8 heteroatoms. The maximum atomic E-state index is 11.4. The molecule has 18 heavy (non-hydrogen) atoms. The van der Waals surface area contributed by atoms with Gasteiger partial charge in [0.2, 0.25) is 0 Å². The predicted molar refractivity (Wildman–Crippen MR) is 67.8 cm³/mol. The number of thiophene rings is 1. The summed E-state index contributed by atoms with van der Waals surface area (Å²) in [5.74, 6) is -1.29. The number of hydrogen-bond donors (Lipinski definition) is 4. The number of aliphatic hydroxyl groups excluding tert-OH is 1. The van der Waals surface area contributed by atoms with Gasteiger partial charge in [0.15, 0.2) is 6.04 Å². The van der Waals surface area contributed by atoms with E-state index in [2.05, 4.69) is 10.6 Å². The Morgan fingerprint density at radius 3 is 2.61 bits per heavy atom. The third-order valence-corrected chi connectivity index (χ3v) is 3.32. The Hall–Kier alpha value is -1.31. The summed E-state index contributed by atoms with van der Waals surface area (Å²) in [5, 5.41) is 22.6. The first kappa shape index (κ1) is 14.7. The molecule has 1 aromatic heterocycles. The third kappa shape index (κ3) is 4.52. The van der Waals surface area contributed by atoms with Crippen LogP contribution >= 0.6 is 22.9 Å². The number of halogens is 1. The standard InChI is InChI=1S/C10H13ClN2O4S/c1-5(14)8(9(15)16)13-10(17)12-4-6-2-3-7(11)18-6/h2-3,5,8,14H,4H2,1H3,(H,15,16)(H2,12,13,17). The van der Waals surface area contributed by atoms with Crippen LogP contribution in [-0.2, 0) is 11.3 Å². The monoisotopic (exact) mass is 292 g/mol. The van der Waals surface area contributed by atoms with Crippen molar-refractivity contribution < 1.29 is 19.8 Å². The summed E-state index contributed by atoms with van der Waals surface area (Å²) in [6, 6.07) is 1.47. The Morgan fingerprint density at radius 2 is 2.17 bits per heavy atom. The van der Waals surface area contributed by atoms with Gasteiger partial charge in [-0.1, -0.05) is 11.6 Å². The van der Waals surface area contributed by atoms with Gasteiger partial charge in [0, 0.05) is 4.88 Å². The number of amides is 2. The van der Waals surface area contributed by atoms with Crippen LogP contribution in [0.5, 0.6) is 0 Å². The molecule has 0 saturated heterocycles. The van der Waals surface area contributed by atoms with Crippen LogP contribution in [0.15, 0.2) is 12.1 Å². The van der Waals surface area contributed by atoms with Crippen LogP contribution in [0.3, 0.4) is 0 Å². The van der Waals surface area contributed by atoms with Gasteiger partial charge in [0.05, 0.1) is 17.0 Å². The van der Waals surface area contributed by atoms with E-state index in [0.717, 1.165) is 4.88 Å². The molecule has 6 nitrogen and oxygen atoms in total. The summed E-state index contributed by atoms with van der Waals surface area (Å²) in [4.78, 5) is 23.0. The van der Waals surface area contributed by atoms with E-state index in [0.29, 0.717) is 4.34 Å². The Bertz CT molecular complexity index is 435. The van der Waals surface area contributed by atoms with Crippen LogP contribution in [0.25, 0.3) is 0 Å². The molecule has 4 N–H and O–H groups in total. The minimum atomic E-state index is -1.34. The van der Waals surface area contributed by atoms with Gasteiger partial charge in [0.25, 0.3) is 0 Å². The fraction of sp³-hybridized carbons (Fsp3) is 0.400. The fourth-order valence-corrected chi connectivity index (χ4v) is 2.22. The molecule has 0 aromatic carbocycles. The lowest BCUT2D eigenvalue weighted by molar-refractivity contribution is -0.141. The Labute approximate surface area is 113 Å². The Kier molecular flexibility index (Phi) is 5.39. The van der Waals surface area contributed by atoms with Crippen LogP contribution in [0, 0.1) is 0 Å². The molecule has 0 aliphatic carbocycles. The quantitative estimate of drug-likeness (QED) is 0.651. The zero-order valence-electron chi connectivity index (χ0n) is 9.51. The van der Waals surface area contributed by atoms with Crippen molar-refractivity contribution in [1.29, 1.82) is 0 Å². The van der Waals surface area contributed by atoms with E-state index < -0.39 is 24.1 Å². The maximum absolute atomic E-state index is 11.4. The lowest BCUT2D eigenvalue weighted by Crippen LogP contribution is -2.50. The maximum Gasteiger partial charge on any atom is 0.328 e. The molecule has 1 rings (SSSR count). The highest BCUT2D eigenvalue weighted by Gasteiger charge is 2.24. The summed E-state index contributed by atoms with van der Waals surface area (Å²) in [6.07, 6.45) is -1.18. The SMILES string of the molecule is CC(O)C(NC(=O)NCc1ccc(Cl)s1)C(=O)O. The van der Waals surface area contributed by atoms with E-state index >= 15 is 0 Å². The zero-order chi connectivity index (χ0) is 13.7. The van der Waals surface area contributed by atoms with Crippen molar-refractivity contribution in [2.24, 2.45) is 0 Å². The molecule has 2 amide bonds. The van der Waals surface area contributed by atoms with E-state index in [4.69, 9.17) is 16.7 Å². The number of nitrogens with one attached hydrogen (secondary N) is 2. The predicted octanol–water partition coefficient (Wildman–Crippen LogP) is 1.03. The number of hydrogen-bond acceptors (Lipinski definition) is 4. The first-order chi connectivity index (χ1) is 8.40. The molecule has 0 aliphatic rings. The summed E-state index contributed by atoms with van der Waals surface area (Å²) in [5.41, 5.74) is 0. The first-order valence-electron chi connectivity index (χ1n) is 5.09. The molecular weight excluding hydrogens is 280 g/mol. The molecule has 0 radical (unpaired) electrons. The molecule has 2 atom stereocenters. The van der Waals surface area contributed by atoms with Gasteiger partial charge in [-0.2, -0.15) is 0 Å². The number of carbonyl (C=O) groups excluding carboxylic acids is 1. The first-order valence-corrected chi connectivity index (χ1v) is 6.29. The van der Waals surface area contributed by atoms with Gasteiger partial charge in [0.1, 0.15) is 0 Å². The summed E-state index contributed by atoms with van der Waals surface area (Å²) < 4.78 is 0.611. The van der Waals surface area contributed by atoms with E-state index in [9.17, 15) is 14.7 Å². The molecule has 1 heterocycles. The highest BCUT2D eigenvalue weighted by Crippen LogP contribution is 2.20. The largest absolute Gasteiger partial charge is 0.480 e. The average Bonchev–Trinajstić information content (AvgIpc) is 2.68. The van der Waals surface area contributed by atoms with Crippen molar-refractivity contribution in [2.45, 2.75) is 25.6 Å². The number of carbonyl (C=O) groups is 2. The van der Waals surface area contributed by atoms with Crippen LogP contribution in [0.2, 0.25) is 4.34 Å². The van der Waals surface area contributed by atoms with Gasteiger partial charge in [-0.15, -0.1) is 11.3 Å². The van der Waals surface area contributed by atoms with E-state index in [1.165, 1.54) is 18.3 Å². The van der Waals surface area contributed by atoms with Crippen LogP contribution in [0.1, 0.15) is 11.8 Å². The van der Waals surface area contributed by atoms with Crippen LogP contribution < -0.4 is 10.6 Å². The van der Waals surface area contributed by atoms with Crippen LogP contribution in [-0.4, -0.2) is 34.4 Å². The second kappa shape index (κ2) is 6.58. The number of aliphatic carboxylic acids is 1. The lowest BCUT2D eigenvalue weighted by atomic mass is 10.2. The second-order valence-electron chi connectivity index (χ2n) is 3.59. The molecule has 0 bridgehead atoms. The van der Waals surface area contributed by atoms with Crippen molar-refractivity contribution in [3.05, 3.63) is 21.3 Å². The van der Waals surface area contributed by atoms with E-state index in [1.807, 2.05) is 0 Å². The summed E-state index contributed by atoms with van der Waals surface area (Å²) >= 11 is 7.04. The van der Waals surface area contributed by atoms with Gasteiger partial charge in [-0.3, -0.25) is 0 Å². The van der Waals surface area contributed by atoms with Gasteiger partial charge >= 0.3 is 12.0 Å². The van der Waals surface area contributed by atoms with E-state index in [-0.39, 0.29) is 6.54 Å². The van der Waals surface area contributed by atoms with Crippen molar-refractivity contribution in [1.82, 2.24) is 10.6 Å². The van der Waals surface area contributed by atoms with Crippen molar-refractivity contribution in [3.63, 3.8) is 0 Å². The van der Waals surface area contributed by atoms with Gasteiger partial charge in [-0.25, -0.2) is 9.59 Å². The average molecular weight is 293 g/mol. The lowest BCUT2D eigenvalue weighted by Gasteiger charge is -2.17. The molecule has 0 fully saturated rings.